The molecule has 0 saturated carbocycles. The highest BCUT2D eigenvalue weighted by atomic mass is 32.2. The van der Waals surface area contributed by atoms with Crippen molar-refractivity contribution in [2.75, 3.05) is 6.54 Å². The van der Waals surface area contributed by atoms with E-state index in [1.54, 1.807) is 36.6 Å². The first-order valence-electron chi connectivity index (χ1n) is 6.54. The van der Waals surface area contributed by atoms with Gasteiger partial charge in [0, 0.05) is 11.8 Å². The van der Waals surface area contributed by atoms with Gasteiger partial charge in [-0.05, 0) is 19.1 Å². The third kappa shape index (κ3) is 5.88. The van der Waals surface area contributed by atoms with Crippen LogP contribution in [0.1, 0.15) is 5.56 Å². The molecule has 0 heterocycles. The molecule has 0 radical (unpaired) electrons. The van der Waals surface area contributed by atoms with Gasteiger partial charge in [0.1, 0.15) is 0 Å². The van der Waals surface area contributed by atoms with Crippen LogP contribution in [-0.2, 0) is 10.0 Å². The van der Waals surface area contributed by atoms with Gasteiger partial charge in [-0.2, -0.15) is 13.5 Å². The SMILES string of the molecule is C=C/C=C(C=NCC=C)\C=N\NS(=O)(=O)c1ccc(C)cc1. The van der Waals surface area contributed by atoms with Gasteiger partial charge in [0.15, 0.2) is 0 Å². The number of hydrogen-bond donors (Lipinski definition) is 1. The summed E-state index contributed by atoms with van der Waals surface area (Å²) in [6, 6.07) is 6.50. The molecule has 116 valence electrons. The maximum Gasteiger partial charge on any atom is 0.276 e. The fourth-order valence-corrected chi connectivity index (χ4v) is 2.22. The number of nitrogens with zero attached hydrogens (tertiary/aromatic N) is 2. The van der Waals surface area contributed by atoms with Crippen molar-refractivity contribution in [2.24, 2.45) is 10.1 Å². The van der Waals surface area contributed by atoms with E-state index in [0.717, 1.165) is 5.56 Å². The van der Waals surface area contributed by atoms with Crippen molar-refractivity contribution in [3.05, 3.63) is 66.8 Å². The van der Waals surface area contributed by atoms with Crippen molar-refractivity contribution in [3.63, 3.8) is 0 Å². The molecule has 0 amide bonds. The molecule has 0 unspecified atom stereocenters. The zero-order chi connectivity index (χ0) is 16.4. The van der Waals surface area contributed by atoms with Gasteiger partial charge in [-0.15, -0.1) is 6.58 Å². The van der Waals surface area contributed by atoms with Gasteiger partial charge >= 0.3 is 0 Å². The molecular weight excluding hydrogens is 298 g/mol. The molecule has 1 rings (SSSR count). The average molecular weight is 317 g/mol. The molecule has 0 aliphatic heterocycles. The lowest BCUT2D eigenvalue weighted by molar-refractivity contribution is 0.584. The van der Waals surface area contributed by atoms with Crippen LogP contribution >= 0.6 is 0 Å². The Hall–Kier alpha value is -2.47. The van der Waals surface area contributed by atoms with Crippen LogP contribution in [0.3, 0.4) is 0 Å². The number of hydrazone groups is 1. The first kappa shape index (κ1) is 17.6. The Labute approximate surface area is 131 Å². The quantitative estimate of drug-likeness (QED) is 0.346. The molecule has 0 saturated heterocycles. The number of hydrogen-bond acceptors (Lipinski definition) is 4. The fraction of sp³-hybridized carbons (Fsp3) is 0.125. The molecule has 0 fully saturated rings. The monoisotopic (exact) mass is 317 g/mol. The molecule has 1 aromatic carbocycles. The van der Waals surface area contributed by atoms with E-state index in [1.165, 1.54) is 18.3 Å². The molecule has 0 aliphatic carbocycles. The predicted octanol–water partition coefficient (Wildman–Crippen LogP) is 2.63. The van der Waals surface area contributed by atoms with E-state index >= 15 is 0 Å². The van der Waals surface area contributed by atoms with Gasteiger partial charge in [0.25, 0.3) is 10.0 Å². The minimum atomic E-state index is -3.67. The topological polar surface area (TPSA) is 70.9 Å². The summed E-state index contributed by atoms with van der Waals surface area (Å²) in [7, 11) is -3.67. The molecule has 22 heavy (non-hydrogen) atoms. The lowest BCUT2D eigenvalue weighted by Gasteiger charge is -2.03. The lowest BCUT2D eigenvalue weighted by Crippen LogP contribution is -2.18. The summed E-state index contributed by atoms with van der Waals surface area (Å²) in [6.07, 6.45) is 7.80. The Morgan fingerprint density at radius 3 is 2.50 bits per heavy atom. The number of sulfonamides is 1. The highest BCUT2D eigenvalue weighted by Gasteiger charge is 2.11. The highest BCUT2D eigenvalue weighted by Crippen LogP contribution is 2.09. The van der Waals surface area contributed by atoms with Crippen LogP contribution < -0.4 is 4.83 Å². The summed E-state index contributed by atoms with van der Waals surface area (Å²) < 4.78 is 24.1. The molecule has 5 nitrogen and oxygen atoms in total. The Balaban J connectivity index is 2.81. The van der Waals surface area contributed by atoms with Gasteiger partial charge in [-0.1, -0.05) is 42.5 Å². The summed E-state index contributed by atoms with van der Waals surface area (Å²) in [6.45, 7) is 9.50. The molecule has 0 aliphatic rings. The van der Waals surface area contributed by atoms with E-state index in [4.69, 9.17) is 0 Å². The number of benzene rings is 1. The standard InChI is InChI=1S/C16H19N3O2S/c1-4-6-15(12-17-11-5-2)13-18-19-22(20,21)16-9-7-14(3)8-10-16/h4-10,12-13,19H,1-2,11H2,3H3/b15-6-,17-12?,18-13+. The van der Waals surface area contributed by atoms with Crippen LogP contribution in [0.4, 0.5) is 0 Å². The summed E-state index contributed by atoms with van der Waals surface area (Å²) in [5.41, 5.74) is 1.60. The van der Waals surface area contributed by atoms with E-state index in [-0.39, 0.29) is 4.90 Å². The number of aliphatic imine (C=N–C) groups is 1. The van der Waals surface area contributed by atoms with Crippen molar-refractivity contribution in [3.8, 4) is 0 Å². The van der Waals surface area contributed by atoms with E-state index in [0.29, 0.717) is 12.1 Å². The van der Waals surface area contributed by atoms with Gasteiger partial charge in [-0.25, -0.2) is 4.83 Å². The first-order chi connectivity index (χ1) is 10.5. The van der Waals surface area contributed by atoms with Crippen LogP contribution in [0.2, 0.25) is 0 Å². The molecule has 0 atom stereocenters. The first-order valence-corrected chi connectivity index (χ1v) is 8.03. The summed E-state index contributed by atoms with van der Waals surface area (Å²) in [4.78, 5) is 6.38. The third-order valence-electron chi connectivity index (χ3n) is 2.50. The lowest BCUT2D eigenvalue weighted by atomic mass is 10.2. The van der Waals surface area contributed by atoms with Crippen LogP contribution in [0.25, 0.3) is 0 Å². The van der Waals surface area contributed by atoms with Gasteiger partial charge in [-0.3, -0.25) is 4.99 Å². The Kier molecular flexibility index (Phi) is 6.98. The Morgan fingerprint density at radius 2 is 1.91 bits per heavy atom. The molecule has 1 N–H and O–H groups in total. The second-order valence-electron chi connectivity index (χ2n) is 4.35. The summed E-state index contributed by atoms with van der Waals surface area (Å²) in [5, 5.41) is 3.74. The minimum absolute atomic E-state index is 0.157. The van der Waals surface area contributed by atoms with Crippen molar-refractivity contribution in [1.82, 2.24) is 4.83 Å². The Morgan fingerprint density at radius 1 is 1.23 bits per heavy atom. The van der Waals surface area contributed by atoms with E-state index in [9.17, 15) is 8.42 Å². The van der Waals surface area contributed by atoms with Crippen LogP contribution in [0.5, 0.6) is 0 Å². The number of aryl methyl sites for hydroxylation is 1. The maximum atomic E-state index is 12.0. The van der Waals surface area contributed by atoms with Crippen LogP contribution in [0, 0.1) is 6.92 Å². The molecule has 6 heteroatoms. The predicted molar refractivity (Wildman–Crippen MR) is 91.8 cm³/mol. The van der Waals surface area contributed by atoms with Gasteiger partial charge < -0.3 is 0 Å². The number of rotatable bonds is 8. The van der Waals surface area contributed by atoms with E-state index in [1.807, 2.05) is 6.92 Å². The highest BCUT2D eigenvalue weighted by molar-refractivity contribution is 7.89. The van der Waals surface area contributed by atoms with Crippen molar-refractivity contribution >= 4 is 22.5 Å². The summed E-state index contributed by atoms with van der Waals surface area (Å²) >= 11 is 0. The number of nitrogens with one attached hydrogen (secondary N) is 1. The largest absolute Gasteiger partial charge is 0.288 e. The van der Waals surface area contributed by atoms with Gasteiger partial charge in [0.2, 0.25) is 0 Å². The second kappa shape index (κ2) is 8.74. The normalized spacial score (nSPS) is 12.7. The summed E-state index contributed by atoms with van der Waals surface area (Å²) in [5.74, 6) is 0. The average Bonchev–Trinajstić information content (AvgIpc) is 2.48. The molecule has 0 bridgehead atoms. The molecule has 1 aromatic rings. The molecule has 0 spiro atoms. The van der Waals surface area contributed by atoms with E-state index in [2.05, 4.69) is 28.1 Å². The van der Waals surface area contributed by atoms with Gasteiger partial charge in [0.05, 0.1) is 17.7 Å². The molecule has 0 aromatic heterocycles. The van der Waals surface area contributed by atoms with Crippen molar-refractivity contribution in [1.29, 1.82) is 0 Å². The number of allylic oxidation sites excluding steroid dienone is 3. The van der Waals surface area contributed by atoms with E-state index < -0.39 is 10.0 Å². The van der Waals surface area contributed by atoms with Crippen LogP contribution in [-0.4, -0.2) is 27.4 Å². The Bertz CT molecular complexity index is 699. The zero-order valence-corrected chi connectivity index (χ0v) is 13.3. The third-order valence-corrected chi connectivity index (χ3v) is 3.74. The zero-order valence-electron chi connectivity index (χ0n) is 12.4. The maximum absolute atomic E-state index is 12.0. The smallest absolute Gasteiger partial charge is 0.276 e. The molecular formula is C16H19N3O2S. The van der Waals surface area contributed by atoms with Crippen molar-refractivity contribution < 1.29 is 8.42 Å². The van der Waals surface area contributed by atoms with Crippen molar-refractivity contribution in [2.45, 2.75) is 11.8 Å². The second-order valence-corrected chi connectivity index (χ2v) is 6.01. The fourth-order valence-electron chi connectivity index (χ4n) is 1.43. The minimum Gasteiger partial charge on any atom is -0.288 e. The van der Waals surface area contributed by atoms with Crippen LogP contribution in [0.15, 0.2) is 76.2 Å².